The Morgan fingerprint density at radius 3 is 2.58 bits per heavy atom. The van der Waals surface area contributed by atoms with Crippen LogP contribution in [0.1, 0.15) is 0 Å². The minimum Gasteiger partial charge on any atom is -0.497 e. The molecule has 0 aliphatic rings. The number of rotatable bonds is 2. The van der Waals surface area contributed by atoms with E-state index >= 15 is 0 Å². The van der Waals surface area contributed by atoms with Crippen molar-refractivity contribution in [1.82, 2.24) is 9.55 Å². The van der Waals surface area contributed by atoms with Crippen LogP contribution in [-0.4, -0.2) is 16.7 Å². The maximum atomic E-state index is 12.9. The molecule has 0 fully saturated rings. The van der Waals surface area contributed by atoms with Gasteiger partial charge < -0.3 is 9.72 Å². The van der Waals surface area contributed by atoms with E-state index in [2.05, 4.69) is 4.98 Å². The van der Waals surface area contributed by atoms with E-state index in [1.165, 1.54) is 16.7 Å². The Kier molecular flexibility index (Phi) is 2.59. The number of hydrogen-bond donors (Lipinski definition) is 1. The van der Waals surface area contributed by atoms with E-state index in [9.17, 15) is 9.18 Å². The monoisotopic (exact) mass is 258 g/mol. The molecule has 0 atom stereocenters. The molecule has 0 amide bonds. The number of halogens is 1. The zero-order valence-corrected chi connectivity index (χ0v) is 10.2. The van der Waals surface area contributed by atoms with Crippen LogP contribution in [0.25, 0.3) is 16.7 Å². The first-order valence-corrected chi connectivity index (χ1v) is 5.74. The van der Waals surface area contributed by atoms with Gasteiger partial charge in [0.2, 0.25) is 0 Å². The molecular formula is C14H11FN2O2. The van der Waals surface area contributed by atoms with Gasteiger partial charge in [-0.05, 0) is 36.4 Å². The van der Waals surface area contributed by atoms with E-state index in [-0.39, 0.29) is 11.5 Å². The number of ether oxygens (including phenoxy) is 1. The maximum absolute atomic E-state index is 12.9. The van der Waals surface area contributed by atoms with Crippen LogP contribution in [0.15, 0.2) is 47.3 Å². The van der Waals surface area contributed by atoms with E-state index in [1.807, 2.05) is 0 Å². The number of fused-ring (bicyclic) bond motifs is 1. The third-order valence-corrected chi connectivity index (χ3v) is 2.98. The largest absolute Gasteiger partial charge is 0.497 e. The van der Waals surface area contributed by atoms with Crippen LogP contribution in [-0.2, 0) is 0 Å². The van der Waals surface area contributed by atoms with Crippen LogP contribution in [0.5, 0.6) is 5.75 Å². The van der Waals surface area contributed by atoms with Gasteiger partial charge in [0.25, 0.3) is 0 Å². The van der Waals surface area contributed by atoms with Gasteiger partial charge >= 0.3 is 5.69 Å². The summed E-state index contributed by atoms with van der Waals surface area (Å²) in [5.74, 6) is 0.316. The van der Waals surface area contributed by atoms with Gasteiger partial charge in [-0.25, -0.2) is 9.18 Å². The Morgan fingerprint density at radius 2 is 1.89 bits per heavy atom. The van der Waals surface area contributed by atoms with Crippen molar-refractivity contribution in [3.05, 3.63) is 58.8 Å². The fraction of sp³-hybridized carbons (Fsp3) is 0.0714. The van der Waals surface area contributed by atoms with Crippen LogP contribution >= 0.6 is 0 Å². The summed E-state index contributed by atoms with van der Waals surface area (Å²) in [6.45, 7) is 0. The number of methoxy groups -OCH3 is 1. The van der Waals surface area contributed by atoms with Crippen molar-refractivity contribution in [2.45, 2.75) is 0 Å². The summed E-state index contributed by atoms with van der Waals surface area (Å²) in [6.07, 6.45) is 0. The van der Waals surface area contributed by atoms with Crippen molar-refractivity contribution in [3.8, 4) is 11.4 Å². The van der Waals surface area contributed by atoms with Crippen LogP contribution in [0.2, 0.25) is 0 Å². The highest BCUT2D eigenvalue weighted by molar-refractivity contribution is 5.79. The Labute approximate surface area is 108 Å². The summed E-state index contributed by atoms with van der Waals surface area (Å²) in [6, 6.07) is 11.1. The van der Waals surface area contributed by atoms with Crippen molar-refractivity contribution in [1.29, 1.82) is 0 Å². The molecule has 2 aromatic carbocycles. The van der Waals surface area contributed by atoms with Crippen molar-refractivity contribution < 1.29 is 9.13 Å². The molecule has 0 bridgehead atoms. The number of hydrogen-bond acceptors (Lipinski definition) is 2. The van der Waals surface area contributed by atoms with Gasteiger partial charge in [0.15, 0.2) is 0 Å². The van der Waals surface area contributed by atoms with E-state index in [4.69, 9.17) is 4.74 Å². The van der Waals surface area contributed by atoms with Crippen LogP contribution in [0.4, 0.5) is 4.39 Å². The second kappa shape index (κ2) is 4.28. The number of H-pyrrole nitrogens is 1. The Bertz CT molecular complexity index is 787. The number of imidazole rings is 1. The van der Waals surface area contributed by atoms with Crippen molar-refractivity contribution in [3.63, 3.8) is 0 Å². The van der Waals surface area contributed by atoms with Crippen molar-refractivity contribution in [2.75, 3.05) is 7.11 Å². The van der Waals surface area contributed by atoms with Crippen LogP contribution in [0, 0.1) is 5.82 Å². The number of nitrogens with zero attached hydrogens (tertiary/aromatic N) is 1. The summed E-state index contributed by atoms with van der Waals surface area (Å²) < 4.78 is 19.6. The number of aromatic amines is 1. The Morgan fingerprint density at radius 1 is 1.16 bits per heavy atom. The second-order valence-corrected chi connectivity index (χ2v) is 4.13. The number of aromatic nitrogens is 2. The summed E-state index contributed by atoms with van der Waals surface area (Å²) in [7, 11) is 1.56. The number of nitrogens with one attached hydrogen (secondary N) is 1. The third kappa shape index (κ3) is 1.89. The van der Waals surface area contributed by atoms with Crippen molar-refractivity contribution >= 4 is 11.0 Å². The normalized spacial score (nSPS) is 10.8. The fourth-order valence-corrected chi connectivity index (χ4v) is 2.06. The molecular weight excluding hydrogens is 247 g/mol. The van der Waals surface area contributed by atoms with Gasteiger partial charge in [0.05, 0.1) is 23.8 Å². The zero-order valence-electron chi connectivity index (χ0n) is 10.2. The molecule has 0 spiro atoms. The molecule has 0 aliphatic heterocycles. The fourth-order valence-electron chi connectivity index (χ4n) is 2.06. The predicted octanol–water partition coefficient (Wildman–Crippen LogP) is 2.47. The lowest BCUT2D eigenvalue weighted by Gasteiger charge is -2.04. The van der Waals surface area contributed by atoms with Gasteiger partial charge in [0, 0.05) is 6.07 Å². The first-order chi connectivity index (χ1) is 9.19. The molecule has 19 heavy (non-hydrogen) atoms. The van der Waals surface area contributed by atoms with Gasteiger partial charge in [-0.2, -0.15) is 0 Å². The maximum Gasteiger partial charge on any atom is 0.331 e. The summed E-state index contributed by atoms with van der Waals surface area (Å²) in [5.41, 5.74) is 1.73. The molecule has 96 valence electrons. The average Bonchev–Trinajstić information content (AvgIpc) is 2.75. The highest BCUT2D eigenvalue weighted by Crippen LogP contribution is 2.21. The molecule has 5 heteroatoms. The minimum absolute atomic E-state index is 0.269. The first-order valence-electron chi connectivity index (χ1n) is 5.74. The molecule has 0 radical (unpaired) electrons. The van der Waals surface area contributed by atoms with Crippen LogP contribution < -0.4 is 10.4 Å². The van der Waals surface area contributed by atoms with E-state index in [1.54, 1.807) is 37.4 Å². The third-order valence-electron chi connectivity index (χ3n) is 2.98. The van der Waals surface area contributed by atoms with E-state index in [0.717, 1.165) is 0 Å². The molecule has 3 aromatic rings. The molecule has 3 rings (SSSR count). The molecule has 0 aliphatic carbocycles. The zero-order chi connectivity index (χ0) is 13.4. The summed E-state index contributed by atoms with van der Waals surface area (Å²) in [5, 5.41) is 0. The molecule has 1 heterocycles. The summed E-state index contributed by atoms with van der Waals surface area (Å²) >= 11 is 0. The van der Waals surface area contributed by atoms with Gasteiger partial charge in [-0.15, -0.1) is 0 Å². The van der Waals surface area contributed by atoms with Gasteiger partial charge in [-0.3, -0.25) is 4.57 Å². The molecule has 4 nitrogen and oxygen atoms in total. The lowest BCUT2D eigenvalue weighted by molar-refractivity contribution is 0.415. The quantitative estimate of drug-likeness (QED) is 0.767. The summed E-state index contributed by atoms with van der Waals surface area (Å²) in [4.78, 5) is 14.7. The van der Waals surface area contributed by atoms with Gasteiger partial charge in [0.1, 0.15) is 11.6 Å². The van der Waals surface area contributed by atoms with E-state index in [0.29, 0.717) is 22.5 Å². The molecule has 0 saturated heterocycles. The molecule has 1 N–H and O–H groups in total. The molecule has 0 unspecified atom stereocenters. The smallest absolute Gasteiger partial charge is 0.331 e. The number of benzene rings is 2. The lowest BCUT2D eigenvalue weighted by atomic mass is 10.2. The highest BCUT2D eigenvalue weighted by Gasteiger charge is 2.09. The van der Waals surface area contributed by atoms with E-state index < -0.39 is 0 Å². The average molecular weight is 258 g/mol. The Balaban J connectivity index is 2.30. The van der Waals surface area contributed by atoms with Crippen molar-refractivity contribution in [2.24, 2.45) is 0 Å². The minimum atomic E-state index is -0.339. The standard InChI is InChI=1S/C14H11FN2O2/c1-19-11-6-7-12-13(8-11)17(14(18)16-12)10-4-2-9(15)3-5-10/h2-8H,1H3,(H,16,18). The Hall–Kier alpha value is -2.56. The predicted molar refractivity (Wildman–Crippen MR) is 70.4 cm³/mol. The SMILES string of the molecule is COc1ccc2[nH]c(=O)n(-c3ccc(F)cc3)c2c1. The first kappa shape index (κ1) is 11.5. The second-order valence-electron chi connectivity index (χ2n) is 4.13. The van der Waals surface area contributed by atoms with Gasteiger partial charge in [-0.1, -0.05) is 0 Å². The van der Waals surface area contributed by atoms with Crippen LogP contribution in [0.3, 0.4) is 0 Å². The molecule has 1 aromatic heterocycles. The topological polar surface area (TPSA) is 47.0 Å². The molecule has 0 saturated carbocycles. The lowest BCUT2D eigenvalue weighted by Crippen LogP contribution is -2.14. The highest BCUT2D eigenvalue weighted by atomic mass is 19.1.